The Labute approximate surface area is 111 Å². The Hall–Kier alpha value is -1.13. The van der Waals surface area contributed by atoms with Gasteiger partial charge in [-0.25, -0.2) is 0 Å². The van der Waals surface area contributed by atoms with E-state index in [-0.39, 0.29) is 0 Å². The maximum Gasteiger partial charge on any atom is 0.119 e. The van der Waals surface area contributed by atoms with Crippen LogP contribution in [0.3, 0.4) is 0 Å². The summed E-state index contributed by atoms with van der Waals surface area (Å²) in [5.74, 6) is 1.71. The van der Waals surface area contributed by atoms with Crippen LogP contribution < -0.4 is 4.90 Å². The molecule has 2 aliphatic heterocycles. The van der Waals surface area contributed by atoms with Crippen molar-refractivity contribution in [2.75, 3.05) is 38.1 Å². The number of anilines is 1. The number of benzene rings is 1. The van der Waals surface area contributed by atoms with Gasteiger partial charge in [-0.2, -0.15) is 4.37 Å². The maximum absolute atomic E-state index is 4.56. The van der Waals surface area contributed by atoms with E-state index in [1.54, 1.807) is 11.5 Å². The van der Waals surface area contributed by atoms with Gasteiger partial charge in [-0.15, -0.1) is 0 Å². The molecule has 2 unspecified atom stereocenters. The molecule has 0 amide bonds. The van der Waals surface area contributed by atoms with Crippen molar-refractivity contribution < 1.29 is 0 Å². The summed E-state index contributed by atoms with van der Waals surface area (Å²) in [6.45, 7) is 4.94. The quantitative estimate of drug-likeness (QED) is 0.783. The highest BCUT2D eigenvalue weighted by molar-refractivity contribution is 7.11. The third kappa shape index (κ3) is 1.56. The van der Waals surface area contributed by atoms with Gasteiger partial charge in [-0.05, 0) is 42.5 Å². The summed E-state index contributed by atoms with van der Waals surface area (Å²) in [4.78, 5) is 5.03. The first-order valence-corrected chi connectivity index (χ1v) is 7.36. The minimum atomic E-state index is 0.857. The fourth-order valence-corrected chi connectivity index (χ4v) is 4.38. The number of hydrogen-bond acceptors (Lipinski definition) is 4. The zero-order chi connectivity index (χ0) is 12.1. The van der Waals surface area contributed by atoms with E-state index in [1.807, 2.05) is 0 Å². The summed E-state index contributed by atoms with van der Waals surface area (Å²) in [5, 5.41) is 2.71. The summed E-state index contributed by atoms with van der Waals surface area (Å²) in [7, 11) is 2.24. The smallest absolute Gasteiger partial charge is 0.119 e. The number of fused-ring (bicyclic) bond motifs is 2. The van der Waals surface area contributed by atoms with E-state index in [0.717, 1.165) is 17.4 Å². The molecule has 18 heavy (non-hydrogen) atoms. The molecule has 4 rings (SSSR count). The van der Waals surface area contributed by atoms with Gasteiger partial charge in [0, 0.05) is 31.6 Å². The molecule has 0 spiro atoms. The summed E-state index contributed by atoms with van der Waals surface area (Å²) in [5.41, 5.74) is 1.15. The van der Waals surface area contributed by atoms with Crippen molar-refractivity contribution in [3.8, 4) is 0 Å². The molecule has 2 atom stereocenters. The zero-order valence-electron chi connectivity index (χ0n) is 10.5. The van der Waals surface area contributed by atoms with Crippen molar-refractivity contribution in [1.29, 1.82) is 0 Å². The summed E-state index contributed by atoms with van der Waals surface area (Å²) in [6.07, 6.45) is 0. The molecule has 3 heterocycles. The van der Waals surface area contributed by atoms with Gasteiger partial charge >= 0.3 is 0 Å². The van der Waals surface area contributed by atoms with Crippen molar-refractivity contribution in [1.82, 2.24) is 9.27 Å². The van der Waals surface area contributed by atoms with Crippen molar-refractivity contribution in [2.24, 2.45) is 11.8 Å². The van der Waals surface area contributed by atoms with Crippen molar-refractivity contribution in [3.63, 3.8) is 0 Å². The molecule has 2 aromatic rings. The lowest BCUT2D eigenvalue weighted by atomic mass is 10.0. The van der Waals surface area contributed by atoms with Crippen LogP contribution in [-0.4, -0.2) is 42.5 Å². The molecule has 2 saturated heterocycles. The fraction of sp³-hybridized carbons (Fsp3) is 0.500. The highest BCUT2D eigenvalue weighted by Crippen LogP contribution is 2.38. The molecule has 1 aromatic carbocycles. The molecule has 2 aliphatic rings. The van der Waals surface area contributed by atoms with Crippen molar-refractivity contribution in [2.45, 2.75) is 0 Å². The number of nitrogens with zero attached hydrogens (tertiary/aromatic N) is 3. The van der Waals surface area contributed by atoms with E-state index >= 15 is 0 Å². The van der Waals surface area contributed by atoms with Crippen LogP contribution in [0.15, 0.2) is 24.3 Å². The van der Waals surface area contributed by atoms with Crippen LogP contribution in [0.4, 0.5) is 5.00 Å². The molecule has 1 aromatic heterocycles. The van der Waals surface area contributed by atoms with E-state index in [0.29, 0.717) is 0 Å². The van der Waals surface area contributed by atoms with Crippen molar-refractivity contribution >= 4 is 27.4 Å². The second-order valence-electron chi connectivity index (χ2n) is 5.65. The molecular formula is C14H17N3S. The molecule has 0 bridgehead atoms. The van der Waals surface area contributed by atoms with Gasteiger partial charge < -0.3 is 9.80 Å². The van der Waals surface area contributed by atoms with Crippen LogP contribution in [-0.2, 0) is 0 Å². The van der Waals surface area contributed by atoms with Crippen LogP contribution in [0, 0.1) is 11.8 Å². The predicted molar refractivity (Wildman–Crippen MR) is 76.3 cm³/mol. The minimum absolute atomic E-state index is 0.857. The van der Waals surface area contributed by atoms with Crippen LogP contribution in [0.25, 0.3) is 10.9 Å². The van der Waals surface area contributed by atoms with Crippen LogP contribution in [0.1, 0.15) is 0 Å². The highest BCUT2D eigenvalue weighted by atomic mass is 32.1. The molecule has 2 fully saturated rings. The number of likely N-dealkylation sites (tertiary alicyclic amines) is 1. The van der Waals surface area contributed by atoms with Gasteiger partial charge in [0.25, 0.3) is 0 Å². The summed E-state index contributed by atoms with van der Waals surface area (Å²) < 4.78 is 4.56. The van der Waals surface area contributed by atoms with Gasteiger partial charge in [0.15, 0.2) is 0 Å². The van der Waals surface area contributed by atoms with Gasteiger partial charge in [0.1, 0.15) is 5.00 Å². The monoisotopic (exact) mass is 259 g/mol. The lowest BCUT2D eigenvalue weighted by Crippen LogP contribution is -2.26. The Balaban J connectivity index is 1.65. The number of aromatic nitrogens is 1. The van der Waals surface area contributed by atoms with Crippen molar-refractivity contribution in [3.05, 3.63) is 24.3 Å². The second kappa shape index (κ2) is 3.93. The van der Waals surface area contributed by atoms with Crippen LogP contribution in [0.2, 0.25) is 0 Å². The van der Waals surface area contributed by atoms with Gasteiger partial charge in [-0.1, -0.05) is 12.1 Å². The second-order valence-corrected chi connectivity index (χ2v) is 6.40. The summed E-state index contributed by atoms with van der Waals surface area (Å²) in [6, 6.07) is 8.50. The standard InChI is InChI=1S/C14H17N3S/c1-16-6-10-8-17(9-11(10)7-16)14-12-4-2-3-5-13(12)15-18-14/h2-5,10-11H,6-9H2,1H3. The molecule has 94 valence electrons. The third-order valence-corrected chi connectivity index (χ3v) is 5.26. The van der Waals surface area contributed by atoms with E-state index in [2.05, 4.69) is 45.5 Å². The van der Waals surface area contributed by atoms with E-state index in [1.165, 1.54) is 36.6 Å². The molecule has 0 N–H and O–H groups in total. The lowest BCUT2D eigenvalue weighted by Gasteiger charge is -2.19. The Morgan fingerprint density at radius 3 is 2.61 bits per heavy atom. The number of rotatable bonds is 1. The zero-order valence-corrected chi connectivity index (χ0v) is 11.4. The first kappa shape index (κ1) is 10.8. The molecule has 0 radical (unpaired) electrons. The fourth-order valence-electron chi connectivity index (χ4n) is 3.50. The van der Waals surface area contributed by atoms with Gasteiger partial charge in [-0.3, -0.25) is 0 Å². The first-order valence-electron chi connectivity index (χ1n) is 6.59. The van der Waals surface area contributed by atoms with Gasteiger partial charge in [0.2, 0.25) is 0 Å². The molecule has 3 nitrogen and oxygen atoms in total. The largest absolute Gasteiger partial charge is 0.361 e. The van der Waals surface area contributed by atoms with E-state index in [4.69, 9.17) is 0 Å². The first-order chi connectivity index (χ1) is 8.81. The molecule has 0 aliphatic carbocycles. The highest BCUT2D eigenvalue weighted by Gasteiger charge is 2.39. The normalized spacial score (nSPS) is 28.2. The van der Waals surface area contributed by atoms with Gasteiger partial charge in [0.05, 0.1) is 5.52 Å². The molecular weight excluding hydrogens is 242 g/mol. The Bertz CT molecular complexity index is 565. The van der Waals surface area contributed by atoms with Crippen LogP contribution >= 0.6 is 11.5 Å². The van der Waals surface area contributed by atoms with E-state index < -0.39 is 0 Å². The Kier molecular flexibility index (Phi) is 2.35. The predicted octanol–water partition coefficient (Wildman–Crippen LogP) is 2.29. The number of hydrogen-bond donors (Lipinski definition) is 0. The lowest BCUT2D eigenvalue weighted by molar-refractivity contribution is 0.387. The average Bonchev–Trinajstić information content (AvgIpc) is 2.99. The van der Waals surface area contributed by atoms with E-state index in [9.17, 15) is 0 Å². The molecule has 4 heteroatoms. The van der Waals surface area contributed by atoms with Crippen LogP contribution in [0.5, 0.6) is 0 Å². The average molecular weight is 259 g/mol. The Morgan fingerprint density at radius 1 is 1.11 bits per heavy atom. The Morgan fingerprint density at radius 2 is 1.83 bits per heavy atom. The molecule has 0 saturated carbocycles. The SMILES string of the molecule is CN1CC2CN(c3snc4ccccc34)CC2C1. The summed E-state index contributed by atoms with van der Waals surface area (Å²) >= 11 is 1.66. The maximum atomic E-state index is 4.56. The minimum Gasteiger partial charge on any atom is -0.361 e. The third-order valence-electron chi connectivity index (χ3n) is 4.32. The topological polar surface area (TPSA) is 19.4 Å².